The van der Waals surface area contributed by atoms with Crippen LogP contribution in [0.5, 0.6) is 5.88 Å². The number of aromatic nitrogens is 2. The van der Waals surface area contributed by atoms with Gasteiger partial charge >= 0.3 is 0 Å². The van der Waals surface area contributed by atoms with Crippen molar-refractivity contribution < 1.29 is 9.47 Å². The fraction of sp³-hybridized carbons (Fsp3) is 0.583. The molecule has 0 radical (unpaired) electrons. The first-order chi connectivity index (χ1) is 8.26. The minimum Gasteiger partial charge on any atom is -0.496 e. The lowest BCUT2D eigenvalue weighted by atomic mass is 10.1. The van der Waals surface area contributed by atoms with Crippen LogP contribution in [-0.2, 0) is 11.8 Å². The van der Waals surface area contributed by atoms with E-state index in [1.807, 2.05) is 20.2 Å². The van der Waals surface area contributed by atoms with E-state index >= 15 is 0 Å². The average molecular weight is 237 g/mol. The van der Waals surface area contributed by atoms with Gasteiger partial charge in [-0.15, -0.1) is 0 Å². The van der Waals surface area contributed by atoms with Crippen LogP contribution >= 0.6 is 0 Å². The third-order valence-electron chi connectivity index (χ3n) is 2.90. The summed E-state index contributed by atoms with van der Waals surface area (Å²) in [7, 11) is 5.42. The van der Waals surface area contributed by atoms with Gasteiger partial charge in [-0.3, -0.25) is 0 Å². The van der Waals surface area contributed by atoms with E-state index < -0.39 is 0 Å². The van der Waals surface area contributed by atoms with Crippen molar-refractivity contribution in [2.75, 3.05) is 20.8 Å². The van der Waals surface area contributed by atoms with Crippen molar-refractivity contribution in [3.8, 4) is 5.88 Å². The van der Waals surface area contributed by atoms with Crippen molar-refractivity contribution in [3.05, 3.63) is 23.6 Å². The fourth-order valence-electron chi connectivity index (χ4n) is 2.02. The Morgan fingerprint density at radius 2 is 2.41 bits per heavy atom. The maximum atomic E-state index is 5.68. The van der Waals surface area contributed by atoms with Crippen LogP contribution < -0.4 is 10.1 Å². The van der Waals surface area contributed by atoms with Gasteiger partial charge in [0, 0.05) is 13.1 Å². The molecule has 0 bridgehead atoms. The summed E-state index contributed by atoms with van der Waals surface area (Å²) in [5, 5.41) is 7.66. The van der Waals surface area contributed by atoms with Crippen LogP contribution in [0.1, 0.15) is 24.6 Å². The Hall–Kier alpha value is -1.49. The molecule has 0 aromatic carbocycles. The minimum atomic E-state index is 0.00500. The predicted molar refractivity (Wildman–Crippen MR) is 64.8 cm³/mol. The van der Waals surface area contributed by atoms with Crippen LogP contribution in [-0.4, -0.2) is 30.5 Å². The number of rotatable bonds is 4. The molecule has 1 unspecified atom stereocenters. The lowest BCUT2D eigenvalue weighted by Crippen LogP contribution is -2.22. The summed E-state index contributed by atoms with van der Waals surface area (Å²) in [5.41, 5.74) is 0.917. The van der Waals surface area contributed by atoms with E-state index in [0.29, 0.717) is 0 Å². The smallest absolute Gasteiger partial charge is 0.211 e. The molecule has 0 amide bonds. The third-order valence-corrected chi connectivity index (χ3v) is 2.90. The van der Waals surface area contributed by atoms with Crippen molar-refractivity contribution >= 4 is 0 Å². The molecular weight excluding hydrogens is 218 g/mol. The molecule has 2 heterocycles. The van der Waals surface area contributed by atoms with Crippen LogP contribution in [0.25, 0.3) is 0 Å². The van der Waals surface area contributed by atoms with Crippen LogP contribution in [0.15, 0.2) is 17.9 Å². The molecule has 1 N–H and O–H groups in total. The number of hydrogen-bond donors (Lipinski definition) is 1. The first-order valence-electron chi connectivity index (χ1n) is 5.84. The second-order valence-electron chi connectivity index (χ2n) is 4.05. The summed E-state index contributed by atoms with van der Waals surface area (Å²) >= 11 is 0. The second kappa shape index (κ2) is 5.23. The summed E-state index contributed by atoms with van der Waals surface area (Å²) in [6.45, 7) is 0.786. The first kappa shape index (κ1) is 12.0. The largest absolute Gasteiger partial charge is 0.496 e. The van der Waals surface area contributed by atoms with E-state index in [-0.39, 0.29) is 6.04 Å². The molecule has 1 aliphatic rings. The lowest BCUT2D eigenvalue weighted by molar-refractivity contribution is 0.168. The first-order valence-corrected chi connectivity index (χ1v) is 5.84. The maximum absolute atomic E-state index is 5.68. The SMILES string of the molecule is CNC(C1=CCCCO1)c1cc(OC)n(C)n1. The number of aryl methyl sites for hydroxylation is 1. The highest BCUT2D eigenvalue weighted by Crippen LogP contribution is 2.26. The van der Waals surface area contributed by atoms with Crippen LogP contribution in [0.4, 0.5) is 0 Å². The zero-order chi connectivity index (χ0) is 12.3. The van der Waals surface area contributed by atoms with Crippen molar-refractivity contribution in [1.29, 1.82) is 0 Å². The molecule has 1 atom stereocenters. The molecule has 1 aromatic rings. The fourth-order valence-corrected chi connectivity index (χ4v) is 2.02. The molecule has 0 saturated heterocycles. The molecule has 2 rings (SSSR count). The standard InChI is InChI=1S/C12H19N3O2/c1-13-12(10-6-4-5-7-17-10)9-8-11(16-3)15(2)14-9/h6,8,12-13H,4-5,7H2,1-3H3. The van der Waals surface area contributed by atoms with Gasteiger partial charge in [-0.05, 0) is 26.0 Å². The van der Waals surface area contributed by atoms with E-state index in [2.05, 4.69) is 16.5 Å². The summed E-state index contributed by atoms with van der Waals surface area (Å²) in [6.07, 6.45) is 4.29. The van der Waals surface area contributed by atoms with Gasteiger partial charge in [-0.1, -0.05) is 0 Å². The Morgan fingerprint density at radius 3 is 2.94 bits per heavy atom. The van der Waals surface area contributed by atoms with Gasteiger partial charge in [-0.25, -0.2) is 4.68 Å². The van der Waals surface area contributed by atoms with Crippen molar-refractivity contribution in [1.82, 2.24) is 15.1 Å². The van der Waals surface area contributed by atoms with E-state index in [0.717, 1.165) is 36.8 Å². The highest BCUT2D eigenvalue weighted by atomic mass is 16.5. The molecule has 5 nitrogen and oxygen atoms in total. The Kier molecular flexibility index (Phi) is 3.68. The average Bonchev–Trinajstić information content (AvgIpc) is 2.73. The van der Waals surface area contributed by atoms with E-state index in [1.165, 1.54) is 0 Å². The molecule has 94 valence electrons. The monoisotopic (exact) mass is 237 g/mol. The van der Waals surface area contributed by atoms with Gasteiger partial charge in [0.05, 0.1) is 19.4 Å². The quantitative estimate of drug-likeness (QED) is 0.859. The van der Waals surface area contributed by atoms with Gasteiger partial charge in [0.25, 0.3) is 0 Å². The van der Waals surface area contributed by atoms with Crippen LogP contribution in [0.3, 0.4) is 0 Å². The van der Waals surface area contributed by atoms with Crippen LogP contribution in [0, 0.1) is 0 Å². The maximum Gasteiger partial charge on any atom is 0.211 e. The number of methoxy groups -OCH3 is 1. The topological polar surface area (TPSA) is 48.3 Å². The molecule has 5 heteroatoms. The molecule has 0 aliphatic carbocycles. The van der Waals surface area contributed by atoms with Crippen molar-refractivity contribution in [3.63, 3.8) is 0 Å². The van der Waals surface area contributed by atoms with Crippen LogP contribution in [0.2, 0.25) is 0 Å². The Morgan fingerprint density at radius 1 is 1.59 bits per heavy atom. The number of nitrogens with one attached hydrogen (secondary N) is 1. The zero-order valence-electron chi connectivity index (χ0n) is 10.6. The summed E-state index contributed by atoms with van der Waals surface area (Å²) in [6, 6.07) is 1.94. The third kappa shape index (κ3) is 2.44. The number of hydrogen-bond acceptors (Lipinski definition) is 4. The van der Waals surface area contributed by atoms with Gasteiger partial charge in [0.15, 0.2) is 0 Å². The summed E-state index contributed by atoms with van der Waals surface area (Å²) in [5.74, 6) is 1.70. The molecule has 17 heavy (non-hydrogen) atoms. The van der Waals surface area contributed by atoms with Crippen molar-refractivity contribution in [2.24, 2.45) is 7.05 Å². The van der Waals surface area contributed by atoms with E-state index in [4.69, 9.17) is 9.47 Å². The van der Waals surface area contributed by atoms with Crippen molar-refractivity contribution in [2.45, 2.75) is 18.9 Å². The normalized spacial score (nSPS) is 17.2. The molecule has 0 saturated carbocycles. The molecular formula is C12H19N3O2. The summed E-state index contributed by atoms with van der Waals surface area (Å²) in [4.78, 5) is 0. The van der Waals surface area contributed by atoms with E-state index in [9.17, 15) is 0 Å². The molecule has 0 fully saturated rings. The number of allylic oxidation sites excluding steroid dienone is 1. The molecule has 1 aliphatic heterocycles. The van der Waals surface area contributed by atoms with Gasteiger partial charge < -0.3 is 14.8 Å². The van der Waals surface area contributed by atoms with Gasteiger partial charge in [-0.2, -0.15) is 5.10 Å². The Bertz CT molecular complexity index is 412. The number of nitrogens with zero attached hydrogens (tertiary/aromatic N) is 2. The molecule has 0 spiro atoms. The Labute approximate surface area is 101 Å². The van der Waals surface area contributed by atoms with Gasteiger partial charge in [0.2, 0.25) is 5.88 Å². The van der Waals surface area contributed by atoms with E-state index in [1.54, 1.807) is 11.8 Å². The summed E-state index contributed by atoms with van der Waals surface area (Å²) < 4.78 is 12.6. The highest BCUT2D eigenvalue weighted by molar-refractivity contribution is 5.24. The molecule has 1 aromatic heterocycles. The lowest BCUT2D eigenvalue weighted by Gasteiger charge is -2.21. The highest BCUT2D eigenvalue weighted by Gasteiger charge is 2.22. The number of likely N-dealkylation sites (N-methyl/N-ethyl adjacent to an activating group) is 1. The predicted octanol–water partition coefficient (Wildman–Crippen LogP) is 1.38. The minimum absolute atomic E-state index is 0.00500. The van der Waals surface area contributed by atoms with Gasteiger partial charge in [0.1, 0.15) is 11.8 Å². The number of ether oxygens (including phenoxy) is 2. The second-order valence-corrected chi connectivity index (χ2v) is 4.05. The zero-order valence-corrected chi connectivity index (χ0v) is 10.6. The Balaban J connectivity index is 2.24.